The largest absolute Gasteiger partial charge is 0.756 e. The summed E-state index contributed by atoms with van der Waals surface area (Å²) in [4.78, 5) is 37.5. The molecule has 9 nitrogen and oxygen atoms in total. The van der Waals surface area contributed by atoms with Crippen molar-refractivity contribution in [1.82, 2.24) is 0 Å². The predicted octanol–water partition coefficient (Wildman–Crippen LogP) is 12.3. The van der Waals surface area contributed by atoms with Crippen molar-refractivity contribution in [3.63, 3.8) is 0 Å². The highest BCUT2D eigenvalue weighted by atomic mass is 31.2. The lowest BCUT2D eigenvalue weighted by molar-refractivity contribution is -0.870. The van der Waals surface area contributed by atoms with E-state index < -0.39 is 26.5 Å². The van der Waals surface area contributed by atoms with E-state index in [2.05, 4.69) is 26.0 Å². The summed E-state index contributed by atoms with van der Waals surface area (Å²) >= 11 is 0. The minimum absolute atomic E-state index is 0.0293. The third-order valence-corrected chi connectivity index (χ3v) is 11.0. The minimum atomic E-state index is -4.62. The van der Waals surface area contributed by atoms with Crippen LogP contribution in [0.15, 0.2) is 12.2 Å². The van der Waals surface area contributed by atoms with E-state index in [4.69, 9.17) is 18.5 Å². The highest BCUT2D eigenvalue weighted by Crippen LogP contribution is 2.38. The molecular formula is C45H88NO8P. The molecule has 0 saturated carbocycles. The fraction of sp³-hybridized carbons (Fsp3) is 0.911. The molecule has 0 aliphatic rings. The van der Waals surface area contributed by atoms with Crippen LogP contribution < -0.4 is 4.89 Å². The van der Waals surface area contributed by atoms with E-state index in [-0.39, 0.29) is 32.0 Å². The Bertz CT molecular complexity index is 954. The standard InChI is InChI=1S/C45H88NO8P/c1-6-8-10-12-14-16-18-20-22-24-26-28-30-32-34-36-38-45(48)54-43(42-53-55(49,50)52-40-39-46(3,4)5)41-51-44(47)37-35-33-31-29-27-25-23-21-19-17-15-13-11-9-7-2/h22,24,43H,6-21,23,25-42H2,1-5H3/b24-22-/t43-/m1/s1. The van der Waals surface area contributed by atoms with Gasteiger partial charge in [0.1, 0.15) is 19.8 Å². The molecule has 0 heterocycles. The summed E-state index contributed by atoms with van der Waals surface area (Å²) in [6, 6.07) is 0. The van der Waals surface area contributed by atoms with Gasteiger partial charge in [0.2, 0.25) is 0 Å². The molecule has 326 valence electrons. The summed E-state index contributed by atoms with van der Waals surface area (Å²) < 4.78 is 33.9. The molecule has 1 unspecified atom stereocenters. The van der Waals surface area contributed by atoms with Crippen molar-refractivity contribution < 1.29 is 42.1 Å². The number of quaternary nitrogens is 1. The fourth-order valence-corrected chi connectivity index (χ4v) is 7.14. The van der Waals surface area contributed by atoms with E-state index in [1.54, 1.807) is 0 Å². The molecule has 0 fully saturated rings. The summed E-state index contributed by atoms with van der Waals surface area (Å²) in [5.41, 5.74) is 0. The first kappa shape index (κ1) is 53.8. The lowest BCUT2D eigenvalue weighted by Crippen LogP contribution is -2.37. The number of phosphoric ester groups is 1. The normalized spacial score (nSPS) is 13.6. The molecule has 0 aliphatic heterocycles. The van der Waals surface area contributed by atoms with Gasteiger partial charge in [0.25, 0.3) is 7.82 Å². The number of ether oxygens (including phenoxy) is 2. The van der Waals surface area contributed by atoms with Gasteiger partial charge in [-0.2, -0.15) is 0 Å². The van der Waals surface area contributed by atoms with Crippen LogP contribution in [0.25, 0.3) is 0 Å². The number of nitrogens with zero attached hydrogens (tertiary/aromatic N) is 1. The van der Waals surface area contributed by atoms with Gasteiger partial charge in [-0.3, -0.25) is 14.2 Å². The van der Waals surface area contributed by atoms with Crippen LogP contribution in [0.5, 0.6) is 0 Å². The fourth-order valence-electron chi connectivity index (χ4n) is 6.41. The second-order valence-electron chi connectivity index (χ2n) is 16.8. The summed E-state index contributed by atoms with van der Waals surface area (Å²) in [5.74, 6) is -0.833. The van der Waals surface area contributed by atoms with Crippen LogP contribution >= 0.6 is 7.82 Å². The topological polar surface area (TPSA) is 111 Å². The first-order chi connectivity index (χ1) is 26.5. The van der Waals surface area contributed by atoms with Crippen LogP contribution in [0, 0.1) is 0 Å². The average Bonchev–Trinajstić information content (AvgIpc) is 3.13. The Balaban J connectivity index is 4.32. The Hall–Kier alpha value is -1.25. The third-order valence-electron chi connectivity index (χ3n) is 10.0. The van der Waals surface area contributed by atoms with Crippen LogP contribution in [0.2, 0.25) is 0 Å². The molecule has 0 aromatic heterocycles. The molecule has 55 heavy (non-hydrogen) atoms. The van der Waals surface area contributed by atoms with Gasteiger partial charge >= 0.3 is 11.9 Å². The predicted molar refractivity (Wildman–Crippen MR) is 227 cm³/mol. The van der Waals surface area contributed by atoms with Gasteiger partial charge in [-0.1, -0.05) is 174 Å². The highest BCUT2D eigenvalue weighted by Gasteiger charge is 2.21. The molecular weight excluding hydrogens is 713 g/mol. The van der Waals surface area contributed by atoms with Gasteiger partial charge in [-0.05, 0) is 38.5 Å². The average molecular weight is 802 g/mol. The van der Waals surface area contributed by atoms with Crippen LogP contribution in [-0.2, 0) is 32.7 Å². The number of unbranched alkanes of at least 4 members (excludes halogenated alkanes) is 26. The van der Waals surface area contributed by atoms with E-state index in [9.17, 15) is 19.0 Å². The lowest BCUT2D eigenvalue weighted by atomic mass is 10.0. The number of esters is 2. The van der Waals surface area contributed by atoms with E-state index in [0.717, 1.165) is 51.4 Å². The van der Waals surface area contributed by atoms with E-state index >= 15 is 0 Å². The number of rotatable bonds is 42. The van der Waals surface area contributed by atoms with Crippen molar-refractivity contribution in [2.24, 2.45) is 0 Å². The van der Waals surface area contributed by atoms with Gasteiger partial charge in [0.05, 0.1) is 27.7 Å². The van der Waals surface area contributed by atoms with Gasteiger partial charge in [-0.25, -0.2) is 0 Å². The Kier molecular flexibility index (Phi) is 37.4. The van der Waals surface area contributed by atoms with Crippen molar-refractivity contribution in [1.29, 1.82) is 0 Å². The van der Waals surface area contributed by atoms with Crippen LogP contribution in [0.4, 0.5) is 0 Å². The zero-order valence-electron chi connectivity index (χ0n) is 36.6. The summed E-state index contributed by atoms with van der Waals surface area (Å²) in [6.07, 6.45) is 39.4. The Morgan fingerprint density at radius 2 is 0.927 bits per heavy atom. The Morgan fingerprint density at radius 1 is 0.545 bits per heavy atom. The third kappa shape index (κ3) is 42.2. The molecule has 0 aliphatic carbocycles. The Morgan fingerprint density at radius 3 is 1.35 bits per heavy atom. The molecule has 0 saturated heterocycles. The van der Waals surface area contributed by atoms with Crippen molar-refractivity contribution in [3.8, 4) is 0 Å². The van der Waals surface area contributed by atoms with Gasteiger partial charge < -0.3 is 27.9 Å². The number of hydrogen-bond donors (Lipinski definition) is 0. The zero-order chi connectivity index (χ0) is 40.7. The molecule has 0 aromatic carbocycles. The van der Waals surface area contributed by atoms with Crippen molar-refractivity contribution in [3.05, 3.63) is 12.2 Å². The molecule has 0 spiro atoms. The molecule has 10 heteroatoms. The SMILES string of the molecule is CCCCCCCCC/C=C\CCCCCCCC(=O)O[C@H](COC(=O)CCCCCCCCCCCCCCCCC)COP(=O)([O-])OCC[N+](C)(C)C. The lowest BCUT2D eigenvalue weighted by Gasteiger charge is -2.28. The smallest absolute Gasteiger partial charge is 0.306 e. The van der Waals surface area contributed by atoms with E-state index in [1.807, 2.05) is 21.1 Å². The second kappa shape index (κ2) is 38.3. The molecule has 0 N–H and O–H groups in total. The number of carbonyl (C=O) groups is 2. The number of allylic oxidation sites excluding steroid dienone is 2. The maximum atomic E-state index is 12.7. The van der Waals surface area contributed by atoms with Crippen LogP contribution in [0.3, 0.4) is 0 Å². The second-order valence-corrected chi connectivity index (χ2v) is 18.2. The summed E-state index contributed by atoms with van der Waals surface area (Å²) in [7, 11) is 1.17. The molecule has 0 rings (SSSR count). The van der Waals surface area contributed by atoms with E-state index in [0.29, 0.717) is 17.4 Å². The van der Waals surface area contributed by atoms with Gasteiger partial charge in [0, 0.05) is 12.8 Å². The molecule has 2 atom stereocenters. The van der Waals surface area contributed by atoms with Crippen molar-refractivity contribution in [2.45, 2.75) is 219 Å². The Labute approximate surface area is 339 Å². The number of likely N-dealkylation sites (N-methyl/N-ethyl adjacent to an activating group) is 1. The molecule has 0 amide bonds. The first-order valence-electron chi connectivity index (χ1n) is 22.9. The number of carbonyl (C=O) groups excluding carboxylic acids is 2. The quantitative estimate of drug-likeness (QED) is 0.0197. The van der Waals surface area contributed by atoms with Crippen LogP contribution in [0.1, 0.15) is 213 Å². The summed E-state index contributed by atoms with van der Waals surface area (Å²) in [6.45, 7) is 4.24. The maximum Gasteiger partial charge on any atom is 0.306 e. The van der Waals surface area contributed by atoms with Gasteiger partial charge in [-0.15, -0.1) is 0 Å². The molecule has 0 aromatic rings. The summed E-state index contributed by atoms with van der Waals surface area (Å²) in [5, 5.41) is 0. The molecule has 0 bridgehead atoms. The number of hydrogen-bond acceptors (Lipinski definition) is 8. The highest BCUT2D eigenvalue weighted by molar-refractivity contribution is 7.45. The minimum Gasteiger partial charge on any atom is -0.756 e. The van der Waals surface area contributed by atoms with Crippen LogP contribution in [-0.4, -0.2) is 70.0 Å². The number of phosphoric acid groups is 1. The monoisotopic (exact) mass is 802 g/mol. The van der Waals surface area contributed by atoms with E-state index in [1.165, 1.54) is 128 Å². The maximum absolute atomic E-state index is 12.7. The van der Waals surface area contributed by atoms with Crippen molar-refractivity contribution in [2.75, 3.05) is 47.5 Å². The zero-order valence-corrected chi connectivity index (χ0v) is 37.5. The van der Waals surface area contributed by atoms with Gasteiger partial charge in [0.15, 0.2) is 6.10 Å². The first-order valence-corrected chi connectivity index (χ1v) is 24.4. The molecule has 0 radical (unpaired) electrons. The van der Waals surface area contributed by atoms with Crippen molar-refractivity contribution >= 4 is 19.8 Å².